The number of alkyl halides is 3. The summed E-state index contributed by atoms with van der Waals surface area (Å²) in [7, 11) is 0. The second-order valence-electron chi connectivity index (χ2n) is 5.86. The maximum absolute atomic E-state index is 12.7. The van der Waals surface area contributed by atoms with Crippen molar-refractivity contribution in [3.8, 4) is 0 Å². The van der Waals surface area contributed by atoms with E-state index in [0.29, 0.717) is 12.0 Å². The van der Waals surface area contributed by atoms with Gasteiger partial charge in [-0.3, -0.25) is 4.79 Å². The molecule has 0 aliphatic carbocycles. The molecule has 0 aromatic heterocycles. The molecule has 1 saturated heterocycles. The summed E-state index contributed by atoms with van der Waals surface area (Å²) in [5.41, 5.74) is -0.145. The fraction of sp³-hybridized carbons (Fsp3) is 0.562. The summed E-state index contributed by atoms with van der Waals surface area (Å²) in [6.45, 7) is 3.46. The highest BCUT2D eigenvalue weighted by molar-refractivity contribution is 5.85. The topological polar surface area (TPSA) is 41.1 Å². The van der Waals surface area contributed by atoms with Crippen molar-refractivity contribution < 1.29 is 18.0 Å². The Hall–Kier alpha value is -1.27. The Labute approximate surface area is 140 Å². The molecule has 0 bridgehead atoms. The van der Waals surface area contributed by atoms with Crippen molar-refractivity contribution in [2.45, 2.75) is 38.4 Å². The van der Waals surface area contributed by atoms with Gasteiger partial charge in [0.2, 0.25) is 5.91 Å². The van der Waals surface area contributed by atoms with Crippen molar-refractivity contribution in [1.29, 1.82) is 0 Å². The third-order valence-corrected chi connectivity index (χ3v) is 3.89. The van der Waals surface area contributed by atoms with E-state index in [-0.39, 0.29) is 30.3 Å². The molecule has 7 heteroatoms. The predicted molar refractivity (Wildman–Crippen MR) is 85.6 cm³/mol. The number of carbonyl (C=O) groups excluding carboxylic acids is 1. The monoisotopic (exact) mass is 350 g/mol. The average molecular weight is 351 g/mol. The van der Waals surface area contributed by atoms with Gasteiger partial charge in [0.05, 0.1) is 5.56 Å². The van der Waals surface area contributed by atoms with Crippen LogP contribution in [-0.2, 0) is 17.4 Å². The standard InChI is InChI=1S/C16H21F3N2O.ClH/c1-11(15(22)21-14-6-3-7-20-10-14)8-12-4-2-5-13(9-12)16(17,18)19;/h2,4-5,9,11,14,20H,3,6-8,10H2,1H3,(H,21,22);1H/t11?,14-;/m0./s1. The largest absolute Gasteiger partial charge is 0.416 e. The number of amides is 1. The van der Waals surface area contributed by atoms with Gasteiger partial charge in [0.25, 0.3) is 0 Å². The summed E-state index contributed by atoms with van der Waals surface area (Å²) in [5, 5.41) is 6.17. The van der Waals surface area contributed by atoms with Crippen LogP contribution in [0, 0.1) is 5.92 Å². The van der Waals surface area contributed by atoms with Crippen molar-refractivity contribution in [3.05, 3.63) is 35.4 Å². The summed E-state index contributed by atoms with van der Waals surface area (Å²) in [6.07, 6.45) is -2.09. The molecule has 0 saturated carbocycles. The van der Waals surface area contributed by atoms with Crippen LogP contribution in [0.2, 0.25) is 0 Å². The summed E-state index contributed by atoms with van der Waals surface area (Å²) >= 11 is 0. The third-order valence-electron chi connectivity index (χ3n) is 3.89. The molecule has 1 amide bonds. The Balaban J connectivity index is 0.00000264. The van der Waals surface area contributed by atoms with Crippen molar-refractivity contribution in [3.63, 3.8) is 0 Å². The fourth-order valence-corrected chi connectivity index (χ4v) is 2.64. The lowest BCUT2D eigenvalue weighted by atomic mass is 9.98. The molecule has 130 valence electrons. The number of carbonyl (C=O) groups is 1. The molecule has 1 heterocycles. The first-order chi connectivity index (χ1) is 10.4. The smallest absolute Gasteiger partial charge is 0.352 e. The summed E-state index contributed by atoms with van der Waals surface area (Å²) in [4.78, 5) is 12.1. The third kappa shape index (κ3) is 6.03. The van der Waals surface area contributed by atoms with Crippen LogP contribution < -0.4 is 10.6 Å². The van der Waals surface area contributed by atoms with Gasteiger partial charge in [-0.25, -0.2) is 0 Å². The molecule has 1 aliphatic heterocycles. The van der Waals surface area contributed by atoms with E-state index in [4.69, 9.17) is 0 Å². The Morgan fingerprint density at radius 3 is 2.78 bits per heavy atom. The van der Waals surface area contributed by atoms with Crippen molar-refractivity contribution in [1.82, 2.24) is 10.6 Å². The number of nitrogens with one attached hydrogen (secondary N) is 2. The zero-order valence-corrected chi connectivity index (χ0v) is 13.8. The van der Waals surface area contributed by atoms with Crippen molar-refractivity contribution in [2.24, 2.45) is 5.92 Å². The van der Waals surface area contributed by atoms with Gasteiger partial charge < -0.3 is 10.6 Å². The normalized spacial score (nSPS) is 19.6. The fourth-order valence-electron chi connectivity index (χ4n) is 2.64. The molecule has 1 aromatic rings. The van der Waals surface area contributed by atoms with E-state index in [1.54, 1.807) is 13.0 Å². The minimum Gasteiger partial charge on any atom is -0.352 e. The Kier molecular flexibility index (Phi) is 7.35. The molecular weight excluding hydrogens is 329 g/mol. The minimum absolute atomic E-state index is 0. The van der Waals surface area contributed by atoms with Crippen LogP contribution in [0.1, 0.15) is 30.9 Å². The first-order valence-corrected chi connectivity index (χ1v) is 7.53. The van der Waals surface area contributed by atoms with Crippen LogP contribution in [0.5, 0.6) is 0 Å². The number of rotatable bonds is 4. The van der Waals surface area contributed by atoms with Gasteiger partial charge in [-0.2, -0.15) is 13.2 Å². The Morgan fingerprint density at radius 1 is 1.43 bits per heavy atom. The van der Waals surface area contributed by atoms with Crippen LogP contribution >= 0.6 is 12.4 Å². The lowest BCUT2D eigenvalue weighted by molar-refractivity contribution is -0.137. The second-order valence-corrected chi connectivity index (χ2v) is 5.86. The maximum Gasteiger partial charge on any atom is 0.416 e. The summed E-state index contributed by atoms with van der Waals surface area (Å²) in [6, 6.07) is 5.29. The van der Waals surface area contributed by atoms with E-state index >= 15 is 0 Å². The number of hydrogen-bond acceptors (Lipinski definition) is 2. The minimum atomic E-state index is -4.35. The van der Waals surface area contributed by atoms with Crippen LogP contribution in [0.25, 0.3) is 0 Å². The molecule has 1 unspecified atom stereocenters. The Morgan fingerprint density at radius 2 is 2.17 bits per heavy atom. The van der Waals surface area contributed by atoms with Crippen LogP contribution in [-0.4, -0.2) is 25.0 Å². The molecule has 2 atom stereocenters. The summed E-state index contributed by atoms with van der Waals surface area (Å²) < 4.78 is 38.1. The van der Waals surface area contributed by atoms with Gasteiger partial charge in [-0.1, -0.05) is 25.1 Å². The molecule has 23 heavy (non-hydrogen) atoms. The second kappa shape index (κ2) is 8.55. The van der Waals surface area contributed by atoms with E-state index in [0.717, 1.165) is 38.1 Å². The average Bonchev–Trinajstić information content (AvgIpc) is 2.47. The highest BCUT2D eigenvalue weighted by atomic mass is 35.5. The number of hydrogen-bond donors (Lipinski definition) is 2. The highest BCUT2D eigenvalue weighted by Gasteiger charge is 2.30. The molecular formula is C16H22ClF3N2O. The zero-order valence-electron chi connectivity index (χ0n) is 13.0. The molecule has 1 aliphatic rings. The quantitative estimate of drug-likeness (QED) is 0.875. The molecule has 0 radical (unpaired) electrons. The number of benzene rings is 1. The molecule has 2 N–H and O–H groups in total. The van der Waals surface area contributed by atoms with E-state index in [1.807, 2.05) is 0 Å². The van der Waals surface area contributed by atoms with Gasteiger partial charge in [0, 0.05) is 18.5 Å². The van der Waals surface area contributed by atoms with Crippen molar-refractivity contribution in [2.75, 3.05) is 13.1 Å². The van der Waals surface area contributed by atoms with Gasteiger partial charge in [-0.15, -0.1) is 12.4 Å². The number of halogens is 4. The van der Waals surface area contributed by atoms with Gasteiger partial charge >= 0.3 is 6.18 Å². The van der Waals surface area contributed by atoms with Crippen LogP contribution in [0.15, 0.2) is 24.3 Å². The molecule has 2 rings (SSSR count). The van der Waals surface area contributed by atoms with Crippen LogP contribution in [0.3, 0.4) is 0 Å². The summed E-state index contributed by atoms with van der Waals surface area (Å²) in [5.74, 6) is -0.462. The highest BCUT2D eigenvalue weighted by Crippen LogP contribution is 2.30. The first-order valence-electron chi connectivity index (χ1n) is 7.53. The zero-order chi connectivity index (χ0) is 16.2. The van der Waals surface area contributed by atoms with Gasteiger partial charge in [-0.05, 0) is 37.4 Å². The van der Waals surface area contributed by atoms with Gasteiger partial charge in [0.15, 0.2) is 0 Å². The first kappa shape index (κ1) is 19.8. The molecule has 1 aromatic carbocycles. The Bertz CT molecular complexity index is 516. The lowest BCUT2D eigenvalue weighted by Crippen LogP contribution is -2.47. The number of piperidine rings is 1. The predicted octanol–water partition coefficient (Wildman–Crippen LogP) is 3.17. The molecule has 0 spiro atoms. The molecule has 3 nitrogen and oxygen atoms in total. The SMILES string of the molecule is CC(Cc1cccc(C(F)(F)F)c1)C(=O)N[C@H]1CCCNC1.Cl. The van der Waals surface area contributed by atoms with Crippen molar-refractivity contribution >= 4 is 18.3 Å². The van der Waals surface area contributed by atoms with E-state index in [2.05, 4.69) is 10.6 Å². The van der Waals surface area contributed by atoms with E-state index in [9.17, 15) is 18.0 Å². The maximum atomic E-state index is 12.7. The molecule has 1 fully saturated rings. The van der Waals surface area contributed by atoms with Gasteiger partial charge in [0.1, 0.15) is 0 Å². The lowest BCUT2D eigenvalue weighted by Gasteiger charge is -2.25. The van der Waals surface area contributed by atoms with E-state index in [1.165, 1.54) is 6.07 Å². The van der Waals surface area contributed by atoms with Crippen LogP contribution in [0.4, 0.5) is 13.2 Å². The van der Waals surface area contributed by atoms with E-state index < -0.39 is 11.7 Å².